The lowest BCUT2D eigenvalue weighted by atomic mass is 9.62. The lowest BCUT2D eigenvalue weighted by Gasteiger charge is -2.40. The molecule has 0 aliphatic heterocycles. The predicted octanol–water partition coefficient (Wildman–Crippen LogP) is 4.16. The summed E-state index contributed by atoms with van der Waals surface area (Å²) in [6.07, 6.45) is 8.63. The van der Waals surface area contributed by atoms with Crippen LogP contribution in [-0.4, -0.2) is 5.78 Å². The van der Waals surface area contributed by atoms with E-state index in [0.29, 0.717) is 30.0 Å². The topological polar surface area (TPSA) is 17.1 Å². The van der Waals surface area contributed by atoms with E-state index >= 15 is 0 Å². The van der Waals surface area contributed by atoms with Crippen molar-refractivity contribution >= 4 is 5.78 Å². The third kappa shape index (κ3) is 1.58. The van der Waals surface area contributed by atoms with Crippen molar-refractivity contribution in [1.82, 2.24) is 0 Å². The maximum atomic E-state index is 12.3. The molecule has 1 heteroatoms. The SMILES string of the molecule is CC(C)c1ccc2c(c1)CC(=O)CC21CC2C=CC1C2. The van der Waals surface area contributed by atoms with Gasteiger partial charge in [0.25, 0.3) is 0 Å². The molecule has 3 unspecified atom stereocenters. The summed E-state index contributed by atoms with van der Waals surface area (Å²) >= 11 is 0. The summed E-state index contributed by atoms with van der Waals surface area (Å²) in [5, 5.41) is 0. The third-order valence-corrected chi connectivity index (χ3v) is 5.74. The zero-order chi connectivity index (χ0) is 13.9. The summed E-state index contributed by atoms with van der Waals surface area (Å²) in [7, 11) is 0. The summed E-state index contributed by atoms with van der Waals surface area (Å²) in [5.41, 5.74) is 4.30. The Labute approximate surface area is 121 Å². The third-order valence-electron chi connectivity index (χ3n) is 5.74. The Hall–Kier alpha value is -1.37. The van der Waals surface area contributed by atoms with E-state index in [1.54, 1.807) is 0 Å². The molecule has 3 aliphatic carbocycles. The monoisotopic (exact) mass is 266 g/mol. The minimum absolute atomic E-state index is 0.138. The van der Waals surface area contributed by atoms with E-state index in [9.17, 15) is 4.79 Å². The number of benzene rings is 1. The zero-order valence-corrected chi connectivity index (χ0v) is 12.4. The van der Waals surface area contributed by atoms with Crippen LogP contribution in [0, 0.1) is 11.8 Å². The smallest absolute Gasteiger partial charge is 0.138 e. The molecule has 0 heterocycles. The second-order valence-corrected chi connectivity index (χ2v) is 7.31. The molecule has 4 rings (SSSR count). The highest BCUT2D eigenvalue weighted by atomic mass is 16.1. The Morgan fingerprint density at radius 3 is 2.75 bits per heavy atom. The normalized spacial score (nSPS) is 34.2. The van der Waals surface area contributed by atoms with Gasteiger partial charge in [-0.05, 0) is 47.3 Å². The van der Waals surface area contributed by atoms with Crippen LogP contribution in [0.5, 0.6) is 0 Å². The highest BCUT2D eigenvalue weighted by molar-refractivity contribution is 5.85. The molecule has 0 N–H and O–H groups in total. The minimum atomic E-state index is 0.138. The predicted molar refractivity (Wildman–Crippen MR) is 80.9 cm³/mol. The van der Waals surface area contributed by atoms with Crippen molar-refractivity contribution in [3.8, 4) is 0 Å². The molecule has 3 atom stereocenters. The summed E-state index contributed by atoms with van der Waals surface area (Å²) in [5.74, 6) is 2.29. The van der Waals surface area contributed by atoms with Gasteiger partial charge in [0, 0.05) is 18.3 Å². The van der Waals surface area contributed by atoms with Crippen LogP contribution in [0.15, 0.2) is 30.4 Å². The van der Waals surface area contributed by atoms with Crippen LogP contribution in [-0.2, 0) is 16.6 Å². The molecule has 2 bridgehead atoms. The van der Waals surface area contributed by atoms with Crippen molar-refractivity contribution < 1.29 is 4.79 Å². The van der Waals surface area contributed by atoms with Gasteiger partial charge >= 0.3 is 0 Å². The number of hydrogen-bond acceptors (Lipinski definition) is 1. The Morgan fingerprint density at radius 2 is 2.10 bits per heavy atom. The van der Waals surface area contributed by atoms with Gasteiger partial charge in [-0.1, -0.05) is 44.2 Å². The fourth-order valence-corrected chi connectivity index (χ4v) is 4.79. The van der Waals surface area contributed by atoms with Gasteiger partial charge in [-0.15, -0.1) is 0 Å². The molecule has 1 aromatic carbocycles. The molecule has 0 aromatic heterocycles. The van der Waals surface area contributed by atoms with Crippen molar-refractivity contribution in [3.05, 3.63) is 47.0 Å². The van der Waals surface area contributed by atoms with Crippen LogP contribution in [0.2, 0.25) is 0 Å². The van der Waals surface area contributed by atoms with Crippen LogP contribution in [0.4, 0.5) is 0 Å². The summed E-state index contributed by atoms with van der Waals surface area (Å²) < 4.78 is 0. The molecule has 0 amide bonds. The van der Waals surface area contributed by atoms with Crippen molar-refractivity contribution in [2.24, 2.45) is 11.8 Å². The van der Waals surface area contributed by atoms with Gasteiger partial charge < -0.3 is 0 Å². The molecular weight excluding hydrogens is 244 g/mol. The van der Waals surface area contributed by atoms with E-state index < -0.39 is 0 Å². The largest absolute Gasteiger partial charge is 0.299 e. The number of hydrogen-bond donors (Lipinski definition) is 0. The number of carbonyl (C=O) groups excluding carboxylic acids is 1. The van der Waals surface area contributed by atoms with Gasteiger partial charge in [0.15, 0.2) is 0 Å². The second-order valence-electron chi connectivity index (χ2n) is 7.31. The van der Waals surface area contributed by atoms with Gasteiger partial charge in [-0.2, -0.15) is 0 Å². The van der Waals surface area contributed by atoms with Gasteiger partial charge in [-0.3, -0.25) is 4.79 Å². The van der Waals surface area contributed by atoms with Gasteiger partial charge in [0.1, 0.15) is 5.78 Å². The first-order chi connectivity index (χ1) is 9.58. The lowest BCUT2D eigenvalue weighted by molar-refractivity contribution is -0.120. The number of rotatable bonds is 1. The average Bonchev–Trinajstić information content (AvgIpc) is 2.98. The number of allylic oxidation sites excluding steroid dienone is 2. The Morgan fingerprint density at radius 1 is 1.25 bits per heavy atom. The van der Waals surface area contributed by atoms with Crippen molar-refractivity contribution in [3.63, 3.8) is 0 Å². The number of fused-ring (bicyclic) bond motifs is 5. The van der Waals surface area contributed by atoms with E-state index in [4.69, 9.17) is 0 Å². The maximum Gasteiger partial charge on any atom is 0.138 e. The number of Topliss-reactive ketones (excluding diaryl/α,β-unsaturated/α-hetero) is 1. The fourth-order valence-electron chi connectivity index (χ4n) is 4.79. The molecule has 0 radical (unpaired) electrons. The fraction of sp³-hybridized carbons (Fsp3) is 0.526. The first kappa shape index (κ1) is 12.4. The molecule has 1 spiro atoms. The Bertz CT molecular complexity index is 610. The van der Waals surface area contributed by atoms with E-state index in [1.807, 2.05) is 0 Å². The number of carbonyl (C=O) groups is 1. The lowest BCUT2D eigenvalue weighted by Crippen LogP contribution is -2.38. The first-order valence-corrected chi connectivity index (χ1v) is 7.92. The standard InChI is InChI=1S/C19H22O/c1-12(2)14-4-6-18-15(8-14)9-17(20)11-19(18)10-13-3-5-16(19)7-13/h3-6,8,12-13,16H,7,9-11H2,1-2H3. The van der Waals surface area contributed by atoms with Crippen molar-refractivity contribution in [1.29, 1.82) is 0 Å². The zero-order valence-electron chi connectivity index (χ0n) is 12.4. The van der Waals surface area contributed by atoms with Crippen molar-refractivity contribution in [2.45, 2.75) is 50.9 Å². The molecule has 0 saturated heterocycles. The molecule has 1 aromatic rings. The summed E-state index contributed by atoms with van der Waals surface area (Å²) in [4.78, 5) is 12.3. The Balaban J connectivity index is 1.86. The summed E-state index contributed by atoms with van der Waals surface area (Å²) in [6, 6.07) is 6.93. The maximum absolute atomic E-state index is 12.3. The van der Waals surface area contributed by atoms with E-state index in [2.05, 4.69) is 44.2 Å². The van der Waals surface area contributed by atoms with E-state index in [1.165, 1.54) is 29.5 Å². The van der Waals surface area contributed by atoms with Crippen LogP contribution < -0.4 is 0 Å². The van der Waals surface area contributed by atoms with Crippen LogP contribution >= 0.6 is 0 Å². The van der Waals surface area contributed by atoms with Gasteiger partial charge in [0.05, 0.1) is 0 Å². The van der Waals surface area contributed by atoms with Crippen LogP contribution in [0.3, 0.4) is 0 Å². The van der Waals surface area contributed by atoms with Gasteiger partial charge in [0.2, 0.25) is 0 Å². The number of ketones is 1. The highest BCUT2D eigenvalue weighted by Crippen LogP contribution is 2.57. The minimum Gasteiger partial charge on any atom is -0.299 e. The highest BCUT2D eigenvalue weighted by Gasteiger charge is 2.52. The average molecular weight is 266 g/mol. The molecule has 1 saturated carbocycles. The molecule has 3 aliphatic rings. The molecular formula is C19H22O. The quantitative estimate of drug-likeness (QED) is 0.698. The van der Waals surface area contributed by atoms with E-state index in [0.717, 1.165) is 6.42 Å². The van der Waals surface area contributed by atoms with E-state index in [-0.39, 0.29) is 5.41 Å². The molecule has 104 valence electrons. The van der Waals surface area contributed by atoms with Crippen molar-refractivity contribution in [2.75, 3.05) is 0 Å². The molecule has 1 nitrogen and oxygen atoms in total. The second kappa shape index (κ2) is 4.07. The molecule has 1 fully saturated rings. The molecule has 20 heavy (non-hydrogen) atoms. The first-order valence-electron chi connectivity index (χ1n) is 7.92. The Kier molecular flexibility index (Phi) is 2.52. The summed E-state index contributed by atoms with van der Waals surface area (Å²) in [6.45, 7) is 4.45. The van der Waals surface area contributed by atoms with Gasteiger partial charge in [-0.25, -0.2) is 0 Å². The van der Waals surface area contributed by atoms with Crippen LogP contribution in [0.25, 0.3) is 0 Å². The van der Waals surface area contributed by atoms with Crippen LogP contribution in [0.1, 0.15) is 55.7 Å².